The molecule has 89 heavy (non-hydrogen) atoms. The number of H-pyrrole nitrogens is 1. The number of rotatable bonds is 20. The summed E-state index contributed by atoms with van der Waals surface area (Å²) in [7, 11) is 0. The highest BCUT2D eigenvalue weighted by Crippen LogP contribution is 2.44. The summed E-state index contributed by atoms with van der Waals surface area (Å²) in [5.74, 6) is 0.402. The Kier molecular flexibility index (Phi) is 17.3. The molecule has 18 heteroatoms. The number of imidazole rings is 2. The lowest BCUT2D eigenvalue weighted by Gasteiger charge is -2.36. The number of tetrazole rings is 2. The normalized spacial score (nSPS) is 11.3. The Morgan fingerprint density at radius 3 is 1.30 bits per heavy atom. The number of nitrogens with zero attached hydrogens (tertiary/aromatic N) is 11. The molecule has 0 aliphatic carbocycles. The van der Waals surface area contributed by atoms with Crippen molar-refractivity contribution >= 4 is 34.0 Å². The van der Waals surface area contributed by atoms with Gasteiger partial charge in [-0.2, -0.15) is 15.2 Å². The first-order valence-corrected chi connectivity index (χ1v) is 29.5. The van der Waals surface area contributed by atoms with E-state index in [0.717, 1.165) is 61.2 Å². The number of esters is 2. The molecule has 0 saturated heterocycles. The monoisotopic (exact) mass is 1180 g/mol. The smallest absolute Gasteiger partial charge is 0.340 e. The molecular weight excluding hydrogens is 1120 g/mol. The highest BCUT2D eigenvalue weighted by molar-refractivity contribution is 6.03. The first-order valence-electron chi connectivity index (χ1n) is 29.5. The van der Waals surface area contributed by atoms with E-state index in [9.17, 15) is 9.59 Å². The molecule has 18 nitrogen and oxygen atoms in total. The van der Waals surface area contributed by atoms with Crippen molar-refractivity contribution in [1.82, 2.24) is 59.9 Å². The lowest BCUT2D eigenvalue weighted by atomic mass is 9.77. The van der Waals surface area contributed by atoms with Crippen molar-refractivity contribution < 1.29 is 28.5 Å². The minimum Gasteiger partial charge on any atom is -0.465 e. The molecule has 4 aromatic heterocycles. The van der Waals surface area contributed by atoms with Gasteiger partial charge in [-0.3, -0.25) is 9.13 Å². The number of hydrogen-bond donors (Lipinski definition) is 1. The molecule has 9 aromatic carbocycles. The quantitative estimate of drug-likeness (QED) is 0.0557. The zero-order valence-electron chi connectivity index (χ0n) is 49.5. The largest absolute Gasteiger partial charge is 0.465 e. The van der Waals surface area contributed by atoms with Crippen LogP contribution in [0.5, 0.6) is 12.0 Å². The SMILES string of the molecule is CCOC(=O)c1cccc2nc(OCC)n(Cc3ccc(-c4ccccc4-c4nn[nH]n4)cc3)c12.CCOC(=O)c1cccc2nc(OCC)n(Cc3ccc(-c4ccccc4-c4nnnn4C(c4ccccc4)(c4ccccc4)c4ccccc4)cc3)c12. The third-order valence-electron chi connectivity index (χ3n) is 15.3. The number of ether oxygens (including phenoxy) is 4. The number of aromatic nitrogens is 12. The fourth-order valence-corrected chi connectivity index (χ4v) is 11.4. The lowest BCUT2D eigenvalue weighted by molar-refractivity contribution is 0.0518. The number of para-hydroxylation sites is 2. The number of benzene rings is 9. The molecule has 0 atom stereocenters. The van der Waals surface area contributed by atoms with Crippen LogP contribution in [0.15, 0.2) is 224 Å². The number of aromatic amines is 1. The summed E-state index contributed by atoms with van der Waals surface area (Å²) in [5.41, 5.74) is 13.7. The first-order chi connectivity index (χ1) is 43.8. The second-order valence-electron chi connectivity index (χ2n) is 20.6. The van der Waals surface area contributed by atoms with Gasteiger partial charge < -0.3 is 18.9 Å². The van der Waals surface area contributed by atoms with Crippen LogP contribution in [0.3, 0.4) is 0 Å². The van der Waals surface area contributed by atoms with Gasteiger partial charge >= 0.3 is 11.9 Å². The molecule has 1 N–H and O–H groups in total. The molecule has 0 amide bonds. The third kappa shape index (κ3) is 11.6. The summed E-state index contributed by atoms with van der Waals surface area (Å²) in [5, 5.41) is 28.2. The van der Waals surface area contributed by atoms with Crippen LogP contribution in [0.2, 0.25) is 0 Å². The number of hydrogen-bond acceptors (Lipinski definition) is 14. The number of carbonyl (C=O) groups excluding carboxylic acids is 2. The zero-order chi connectivity index (χ0) is 61.1. The van der Waals surface area contributed by atoms with Gasteiger partial charge in [-0.15, -0.1) is 15.3 Å². The summed E-state index contributed by atoms with van der Waals surface area (Å²) in [6, 6.07) is 75.7. The Morgan fingerprint density at radius 1 is 0.449 bits per heavy atom. The Morgan fingerprint density at radius 2 is 0.876 bits per heavy atom. The van der Waals surface area contributed by atoms with Gasteiger partial charge in [-0.25, -0.2) is 14.3 Å². The number of fused-ring (bicyclic) bond motifs is 2. The molecule has 13 rings (SSSR count). The Labute approximate surface area is 513 Å². The van der Waals surface area contributed by atoms with E-state index in [0.29, 0.717) is 89.8 Å². The van der Waals surface area contributed by atoms with E-state index in [1.807, 2.05) is 100 Å². The molecule has 0 radical (unpaired) electrons. The fourth-order valence-electron chi connectivity index (χ4n) is 11.4. The van der Waals surface area contributed by atoms with E-state index in [1.165, 1.54) is 0 Å². The Bertz CT molecular complexity index is 4440. The van der Waals surface area contributed by atoms with Crippen LogP contribution in [0, 0.1) is 0 Å². The maximum absolute atomic E-state index is 13.0. The van der Waals surface area contributed by atoms with Crippen LogP contribution < -0.4 is 9.47 Å². The molecule has 0 bridgehead atoms. The molecule has 13 aromatic rings. The molecule has 0 spiro atoms. The maximum Gasteiger partial charge on any atom is 0.340 e. The minimum atomic E-state index is -0.881. The van der Waals surface area contributed by atoms with E-state index >= 15 is 0 Å². The van der Waals surface area contributed by atoms with Gasteiger partial charge in [0.1, 0.15) is 5.54 Å². The van der Waals surface area contributed by atoms with Crippen LogP contribution in [-0.2, 0) is 28.1 Å². The van der Waals surface area contributed by atoms with Gasteiger partial charge in [0.25, 0.3) is 12.0 Å². The second-order valence-corrected chi connectivity index (χ2v) is 20.6. The topological polar surface area (TPSA) is 205 Å². The van der Waals surface area contributed by atoms with Gasteiger partial charge in [0, 0.05) is 11.1 Å². The van der Waals surface area contributed by atoms with E-state index < -0.39 is 11.5 Å². The van der Waals surface area contributed by atoms with Gasteiger partial charge in [0.15, 0.2) is 5.82 Å². The van der Waals surface area contributed by atoms with Gasteiger partial charge in [0.2, 0.25) is 5.82 Å². The van der Waals surface area contributed by atoms with E-state index in [4.69, 9.17) is 34.2 Å². The van der Waals surface area contributed by atoms with Gasteiger partial charge in [-0.1, -0.05) is 200 Å². The summed E-state index contributed by atoms with van der Waals surface area (Å²) < 4.78 is 28.3. The van der Waals surface area contributed by atoms with Gasteiger partial charge in [0.05, 0.1) is 72.7 Å². The predicted octanol–water partition coefficient (Wildman–Crippen LogP) is 13.3. The van der Waals surface area contributed by atoms with Crippen molar-refractivity contribution in [3.05, 3.63) is 263 Å². The summed E-state index contributed by atoms with van der Waals surface area (Å²) >= 11 is 0. The van der Waals surface area contributed by atoms with Crippen molar-refractivity contribution in [2.45, 2.75) is 46.3 Å². The fraction of sp³-hybridized carbons (Fsp3) is 0.155. The molecule has 0 unspecified atom stereocenters. The van der Waals surface area contributed by atoms with Crippen molar-refractivity contribution in [2.75, 3.05) is 26.4 Å². The standard InChI is InChI=1S/C45H38N6O3.C26H24N6O3/c1-3-53-43(52)39-25-16-26-40-41(39)50(44(46-40)54-4-2)31-32-27-29-33(30-28-32)37-23-14-15-24-38(37)42-47-48-49-51(42)45(34-17-8-5-9-18-34,35-19-10-6-11-20-35)36-21-12-7-13-22-36;1-3-34-25(33)21-10-7-11-22-23(21)32(26(27-22)35-4-2)16-17-12-14-18(15-13-17)19-8-5-6-9-20(19)24-28-30-31-29-24/h5-30H,3-4,31H2,1-2H3;5-15H,3-4,16H2,1-2H3,(H,28,29,30,31). The Balaban J connectivity index is 0.000000190. The van der Waals surface area contributed by atoms with E-state index in [-0.39, 0.29) is 12.6 Å². The minimum absolute atomic E-state index is 0.280. The molecular formula is C71H62N12O6. The highest BCUT2D eigenvalue weighted by atomic mass is 16.5. The predicted molar refractivity (Wildman–Crippen MR) is 340 cm³/mol. The molecule has 0 aliphatic rings. The summed E-state index contributed by atoms with van der Waals surface area (Å²) in [4.78, 5) is 34.9. The first kappa shape index (κ1) is 58.0. The van der Waals surface area contributed by atoms with Gasteiger partial charge in [-0.05, 0) is 118 Å². The molecule has 4 heterocycles. The number of nitrogens with one attached hydrogen (secondary N) is 1. The molecule has 442 valence electrons. The maximum atomic E-state index is 13.0. The van der Waals surface area contributed by atoms with Crippen LogP contribution in [0.4, 0.5) is 0 Å². The summed E-state index contributed by atoms with van der Waals surface area (Å²) in [6.45, 7) is 9.82. The lowest BCUT2D eigenvalue weighted by Crippen LogP contribution is -2.39. The molecule has 0 fully saturated rings. The third-order valence-corrected chi connectivity index (χ3v) is 15.3. The average molecular weight is 1180 g/mol. The number of carbonyl (C=O) groups is 2. The average Bonchev–Trinajstić information content (AvgIpc) is 1.86. The van der Waals surface area contributed by atoms with Crippen LogP contribution in [-0.4, -0.2) is 98.3 Å². The van der Waals surface area contributed by atoms with Crippen molar-refractivity contribution in [1.29, 1.82) is 0 Å². The van der Waals surface area contributed by atoms with E-state index in [2.05, 4.69) is 164 Å². The molecule has 0 aliphatic heterocycles. The van der Waals surface area contributed by atoms with Crippen molar-refractivity contribution in [3.63, 3.8) is 0 Å². The summed E-state index contributed by atoms with van der Waals surface area (Å²) in [6.07, 6.45) is 0. The van der Waals surface area contributed by atoms with E-state index in [1.54, 1.807) is 32.0 Å². The van der Waals surface area contributed by atoms with Crippen LogP contribution in [0.1, 0.15) is 76.2 Å². The van der Waals surface area contributed by atoms with Crippen LogP contribution in [0.25, 0.3) is 67.1 Å². The van der Waals surface area contributed by atoms with Crippen molar-refractivity contribution in [3.8, 4) is 57.1 Å². The second kappa shape index (κ2) is 26.5. The van der Waals surface area contributed by atoms with Crippen LogP contribution >= 0.6 is 0 Å². The Hall–Kier alpha value is -11.4. The molecule has 0 saturated carbocycles. The highest BCUT2D eigenvalue weighted by Gasteiger charge is 2.42. The van der Waals surface area contributed by atoms with Crippen molar-refractivity contribution in [2.24, 2.45) is 0 Å². The zero-order valence-corrected chi connectivity index (χ0v) is 49.5.